The van der Waals surface area contributed by atoms with Crippen LogP contribution < -0.4 is 5.73 Å². The number of fused-ring (bicyclic) bond motifs is 1. The van der Waals surface area contributed by atoms with Crippen molar-refractivity contribution >= 4 is 11.7 Å². The topological polar surface area (TPSA) is 51.3 Å². The van der Waals surface area contributed by atoms with Crippen molar-refractivity contribution in [2.75, 3.05) is 0 Å². The van der Waals surface area contributed by atoms with E-state index in [0.29, 0.717) is 18.1 Å². The first-order valence-electron chi connectivity index (χ1n) is 3.73. The molecule has 4 heteroatoms. The molecule has 1 aromatic rings. The predicted molar refractivity (Wildman–Crippen MR) is 43.8 cm³/mol. The Bertz CT molecular complexity index is 346. The Kier molecular flexibility index (Phi) is 1.53. The summed E-state index contributed by atoms with van der Waals surface area (Å²) in [7, 11) is 0. The molecular formula is C8H8FN3. The van der Waals surface area contributed by atoms with Gasteiger partial charge in [-0.25, -0.2) is 14.4 Å². The van der Waals surface area contributed by atoms with Gasteiger partial charge in [0.15, 0.2) is 5.82 Å². The van der Waals surface area contributed by atoms with Gasteiger partial charge in [-0.3, -0.25) is 0 Å². The van der Waals surface area contributed by atoms with E-state index in [4.69, 9.17) is 5.73 Å². The van der Waals surface area contributed by atoms with Crippen molar-refractivity contribution in [1.82, 2.24) is 4.98 Å². The number of halogens is 1. The Hall–Kier alpha value is -1.45. The molecule has 12 heavy (non-hydrogen) atoms. The zero-order valence-corrected chi connectivity index (χ0v) is 6.42. The van der Waals surface area contributed by atoms with E-state index in [9.17, 15) is 4.39 Å². The lowest BCUT2D eigenvalue weighted by Crippen LogP contribution is -2.15. The molecule has 0 fully saturated rings. The number of hydrogen-bond donors (Lipinski definition) is 1. The first-order chi connectivity index (χ1) is 5.75. The first-order valence-corrected chi connectivity index (χ1v) is 3.73. The van der Waals surface area contributed by atoms with E-state index in [0.717, 1.165) is 18.2 Å². The Labute approximate surface area is 69.1 Å². The summed E-state index contributed by atoms with van der Waals surface area (Å²) in [4.78, 5) is 7.83. The normalized spacial score (nSPS) is 15.2. The van der Waals surface area contributed by atoms with Crippen LogP contribution in [-0.4, -0.2) is 10.8 Å². The molecule has 0 aromatic carbocycles. The summed E-state index contributed by atoms with van der Waals surface area (Å²) < 4.78 is 12.6. The van der Waals surface area contributed by atoms with Crippen LogP contribution in [0.1, 0.15) is 12.0 Å². The molecule has 0 unspecified atom stereocenters. The molecule has 2 N–H and O–H groups in total. The molecule has 0 spiro atoms. The van der Waals surface area contributed by atoms with Gasteiger partial charge in [0.2, 0.25) is 0 Å². The van der Waals surface area contributed by atoms with Crippen LogP contribution in [-0.2, 0) is 6.42 Å². The Morgan fingerprint density at radius 1 is 1.42 bits per heavy atom. The van der Waals surface area contributed by atoms with Crippen molar-refractivity contribution in [1.29, 1.82) is 0 Å². The molecule has 0 aliphatic carbocycles. The largest absolute Gasteiger partial charge is 0.387 e. The number of aliphatic imine (C=N–C) groups is 1. The predicted octanol–water partition coefficient (Wildman–Crippen LogP) is 1.16. The van der Waals surface area contributed by atoms with Crippen LogP contribution in [0.5, 0.6) is 0 Å². The molecule has 2 rings (SSSR count). The number of nitrogens with two attached hydrogens (primary N) is 1. The van der Waals surface area contributed by atoms with Gasteiger partial charge in [-0.15, -0.1) is 0 Å². The molecule has 1 aliphatic heterocycles. The summed E-state index contributed by atoms with van der Waals surface area (Å²) in [6, 6.07) is 1.46. The van der Waals surface area contributed by atoms with Crippen LogP contribution in [0.25, 0.3) is 0 Å². The van der Waals surface area contributed by atoms with Crippen LogP contribution in [0.3, 0.4) is 0 Å². The summed E-state index contributed by atoms with van der Waals surface area (Å²) in [5.74, 6) is 0.811. The van der Waals surface area contributed by atoms with E-state index in [2.05, 4.69) is 9.98 Å². The standard InChI is InChI=1S/C8H8FN3/c9-6-3-5-1-2-7(10)12-8(5)11-4-6/h3-4H,1-2H2,(H2,10,11,12). The van der Waals surface area contributed by atoms with Gasteiger partial charge in [0.25, 0.3) is 0 Å². The maximum absolute atomic E-state index is 12.6. The molecule has 1 aliphatic rings. The van der Waals surface area contributed by atoms with Gasteiger partial charge in [-0.2, -0.15) is 0 Å². The quantitative estimate of drug-likeness (QED) is 0.627. The summed E-state index contributed by atoms with van der Waals surface area (Å²) in [5, 5.41) is 0. The number of aryl methyl sites for hydroxylation is 1. The molecule has 62 valence electrons. The van der Waals surface area contributed by atoms with Crippen molar-refractivity contribution in [3.8, 4) is 0 Å². The molecule has 0 bridgehead atoms. The Morgan fingerprint density at radius 2 is 2.25 bits per heavy atom. The summed E-state index contributed by atoms with van der Waals surface area (Å²) in [6.45, 7) is 0. The van der Waals surface area contributed by atoms with E-state index in [-0.39, 0.29) is 5.82 Å². The monoisotopic (exact) mass is 165 g/mol. The highest BCUT2D eigenvalue weighted by molar-refractivity contribution is 5.84. The van der Waals surface area contributed by atoms with Crippen molar-refractivity contribution < 1.29 is 4.39 Å². The van der Waals surface area contributed by atoms with Crippen molar-refractivity contribution in [2.24, 2.45) is 10.7 Å². The highest BCUT2D eigenvalue weighted by atomic mass is 19.1. The Balaban J connectivity index is 2.51. The molecule has 0 radical (unpaired) electrons. The lowest BCUT2D eigenvalue weighted by atomic mass is 10.1. The van der Waals surface area contributed by atoms with Crippen LogP contribution in [0.4, 0.5) is 10.2 Å². The maximum atomic E-state index is 12.6. The van der Waals surface area contributed by atoms with Crippen LogP contribution in [0, 0.1) is 5.82 Å². The number of rotatable bonds is 0. The average Bonchev–Trinajstić information content (AvgIpc) is 2.05. The van der Waals surface area contributed by atoms with Crippen molar-refractivity contribution in [2.45, 2.75) is 12.8 Å². The van der Waals surface area contributed by atoms with Crippen molar-refractivity contribution in [3.63, 3.8) is 0 Å². The third kappa shape index (κ3) is 1.15. The van der Waals surface area contributed by atoms with E-state index in [1.807, 2.05) is 0 Å². The fourth-order valence-corrected chi connectivity index (χ4v) is 1.21. The molecule has 0 amide bonds. The van der Waals surface area contributed by atoms with Crippen LogP contribution in [0.15, 0.2) is 17.3 Å². The molecule has 0 saturated heterocycles. The summed E-state index contributed by atoms with van der Waals surface area (Å²) in [6.07, 6.45) is 2.58. The second-order valence-corrected chi connectivity index (χ2v) is 2.74. The summed E-state index contributed by atoms with van der Waals surface area (Å²) in [5.41, 5.74) is 6.34. The number of pyridine rings is 1. The fourth-order valence-electron chi connectivity index (χ4n) is 1.21. The third-order valence-corrected chi connectivity index (χ3v) is 1.81. The highest BCUT2D eigenvalue weighted by Gasteiger charge is 2.11. The van der Waals surface area contributed by atoms with Gasteiger partial charge < -0.3 is 5.73 Å². The van der Waals surface area contributed by atoms with Crippen LogP contribution >= 0.6 is 0 Å². The van der Waals surface area contributed by atoms with Crippen molar-refractivity contribution in [3.05, 3.63) is 23.6 Å². The van der Waals surface area contributed by atoms with Gasteiger partial charge in [0, 0.05) is 12.0 Å². The van der Waals surface area contributed by atoms with Gasteiger partial charge >= 0.3 is 0 Å². The number of hydrogen-bond acceptors (Lipinski definition) is 3. The lowest BCUT2D eigenvalue weighted by Gasteiger charge is -2.10. The highest BCUT2D eigenvalue weighted by Crippen LogP contribution is 2.22. The molecular weight excluding hydrogens is 157 g/mol. The minimum atomic E-state index is -0.315. The molecule has 0 saturated carbocycles. The minimum absolute atomic E-state index is 0.315. The van der Waals surface area contributed by atoms with E-state index in [1.54, 1.807) is 0 Å². The average molecular weight is 165 g/mol. The maximum Gasteiger partial charge on any atom is 0.157 e. The fraction of sp³-hybridized carbons (Fsp3) is 0.250. The van der Waals surface area contributed by atoms with Gasteiger partial charge in [-0.1, -0.05) is 0 Å². The zero-order chi connectivity index (χ0) is 8.55. The Morgan fingerprint density at radius 3 is 3.08 bits per heavy atom. The number of amidine groups is 1. The molecule has 2 heterocycles. The molecule has 0 atom stereocenters. The first kappa shape index (κ1) is 7.21. The smallest absolute Gasteiger partial charge is 0.157 e. The minimum Gasteiger partial charge on any atom is -0.387 e. The zero-order valence-electron chi connectivity index (χ0n) is 6.42. The molecule has 3 nitrogen and oxygen atoms in total. The molecule has 1 aromatic heterocycles. The third-order valence-electron chi connectivity index (χ3n) is 1.81. The van der Waals surface area contributed by atoms with Crippen LogP contribution in [0.2, 0.25) is 0 Å². The number of aromatic nitrogens is 1. The summed E-state index contributed by atoms with van der Waals surface area (Å²) >= 11 is 0. The van der Waals surface area contributed by atoms with E-state index >= 15 is 0 Å². The van der Waals surface area contributed by atoms with Gasteiger partial charge in [-0.05, 0) is 12.5 Å². The second kappa shape index (κ2) is 2.55. The lowest BCUT2D eigenvalue weighted by molar-refractivity contribution is 0.618. The van der Waals surface area contributed by atoms with Gasteiger partial charge in [0.1, 0.15) is 11.7 Å². The SMILES string of the molecule is NC1=Nc2ncc(F)cc2CC1. The van der Waals surface area contributed by atoms with E-state index in [1.165, 1.54) is 6.07 Å². The number of nitrogens with zero attached hydrogens (tertiary/aromatic N) is 2. The van der Waals surface area contributed by atoms with Gasteiger partial charge in [0.05, 0.1) is 6.20 Å². The second-order valence-electron chi connectivity index (χ2n) is 2.74. The van der Waals surface area contributed by atoms with E-state index < -0.39 is 0 Å².